The topological polar surface area (TPSA) is 98.9 Å². The van der Waals surface area contributed by atoms with Gasteiger partial charge in [-0.15, -0.1) is 0 Å². The SMILES string of the molecule is COc1cc(C(=O)N(C)C2CC2)cc(S(N)(=O)=O)c1OC. The Morgan fingerprint density at radius 3 is 2.33 bits per heavy atom. The Bertz CT molecular complexity index is 667. The van der Waals surface area contributed by atoms with Crippen molar-refractivity contribution in [1.29, 1.82) is 0 Å². The van der Waals surface area contributed by atoms with E-state index in [-0.39, 0.29) is 33.9 Å². The van der Waals surface area contributed by atoms with Gasteiger partial charge in [-0.1, -0.05) is 0 Å². The monoisotopic (exact) mass is 314 g/mol. The number of methoxy groups -OCH3 is 2. The van der Waals surface area contributed by atoms with Crippen LogP contribution in [0.3, 0.4) is 0 Å². The molecule has 0 aliphatic heterocycles. The second kappa shape index (κ2) is 5.53. The van der Waals surface area contributed by atoms with Crippen LogP contribution in [0.5, 0.6) is 11.5 Å². The van der Waals surface area contributed by atoms with Crippen LogP contribution in [0, 0.1) is 0 Å². The van der Waals surface area contributed by atoms with E-state index in [1.54, 1.807) is 11.9 Å². The first-order valence-electron chi connectivity index (χ1n) is 6.35. The second-order valence-corrected chi connectivity index (χ2v) is 6.43. The summed E-state index contributed by atoms with van der Waals surface area (Å²) in [6, 6.07) is 2.88. The predicted octanol–water partition coefficient (Wildman–Crippen LogP) is 0.586. The zero-order chi connectivity index (χ0) is 15.8. The Morgan fingerprint density at radius 2 is 1.90 bits per heavy atom. The van der Waals surface area contributed by atoms with E-state index in [0.29, 0.717) is 0 Å². The molecule has 1 amide bonds. The molecule has 2 rings (SSSR count). The molecule has 1 fully saturated rings. The Hall–Kier alpha value is -1.80. The van der Waals surface area contributed by atoms with Gasteiger partial charge in [0.15, 0.2) is 11.5 Å². The van der Waals surface area contributed by atoms with Crippen molar-refractivity contribution in [1.82, 2.24) is 4.90 Å². The molecular formula is C13H18N2O5S. The van der Waals surface area contributed by atoms with E-state index in [4.69, 9.17) is 14.6 Å². The van der Waals surface area contributed by atoms with E-state index < -0.39 is 10.0 Å². The zero-order valence-corrected chi connectivity index (χ0v) is 12.9. The quantitative estimate of drug-likeness (QED) is 0.857. The van der Waals surface area contributed by atoms with Gasteiger partial charge in [0.25, 0.3) is 5.91 Å². The van der Waals surface area contributed by atoms with Crippen LogP contribution in [-0.4, -0.2) is 46.5 Å². The number of benzene rings is 1. The summed E-state index contributed by atoms with van der Waals surface area (Å²) in [5.74, 6) is -0.134. The molecule has 0 radical (unpaired) electrons. The molecule has 7 nitrogen and oxygen atoms in total. The van der Waals surface area contributed by atoms with Crippen molar-refractivity contribution in [3.05, 3.63) is 17.7 Å². The van der Waals surface area contributed by atoms with Gasteiger partial charge >= 0.3 is 0 Å². The summed E-state index contributed by atoms with van der Waals surface area (Å²) in [6.07, 6.45) is 1.91. The lowest BCUT2D eigenvalue weighted by Gasteiger charge is -2.18. The van der Waals surface area contributed by atoms with E-state index in [2.05, 4.69) is 0 Å². The molecule has 0 atom stereocenters. The van der Waals surface area contributed by atoms with Crippen molar-refractivity contribution in [3.8, 4) is 11.5 Å². The van der Waals surface area contributed by atoms with Gasteiger partial charge in [0.05, 0.1) is 14.2 Å². The molecule has 0 saturated heterocycles. The summed E-state index contributed by atoms with van der Waals surface area (Å²) in [5, 5.41) is 5.19. The van der Waals surface area contributed by atoms with Gasteiger partial charge in [0.1, 0.15) is 4.90 Å². The summed E-state index contributed by atoms with van der Waals surface area (Å²) in [4.78, 5) is 13.7. The van der Waals surface area contributed by atoms with Gasteiger partial charge in [0, 0.05) is 18.7 Å². The highest BCUT2D eigenvalue weighted by Crippen LogP contribution is 2.36. The molecule has 1 saturated carbocycles. The first-order valence-corrected chi connectivity index (χ1v) is 7.90. The summed E-state index contributed by atoms with van der Waals surface area (Å²) >= 11 is 0. The highest BCUT2D eigenvalue weighted by Gasteiger charge is 2.31. The number of carbonyl (C=O) groups excluding carboxylic acids is 1. The largest absolute Gasteiger partial charge is 0.493 e. The Morgan fingerprint density at radius 1 is 1.29 bits per heavy atom. The van der Waals surface area contributed by atoms with E-state index in [0.717, 1.165) is 12.8 Å². The highest BCUT2D eigenvalue weighted by atomic mass is 32.2. The van der Waals surface area contributed by atoms with E-state index in [1.807, 2.05) is 0 Å². The third kappa shape index (κ3) is 3.11. The smallest absolute Gasteiger partial charge is 0.254 e. The number of sulfonamides is 1. The van der Waals surface area contributed by atoms with Crippen molar-refractivity contribution in [3.63, 3.8) is 0 Å². The number of amides is 1. The fourth-order valence-corrected chi connectivity index (χ4v) is 2.83. The average molecular weight is 314 g/mol. The highest BCUT2D eigenvalue weighted by molar-refractivity contribution is 7.89. The molecule has 1 aliphatic carbocycles. The van der Waals surface area contributed by atoms with Crippen LogP contribution in [0.4, 0.5) is 0 Å². The number of carbonyl (C=O) groups is 1. The van der Waals surface area contributed by atoms with E-state index >= 15 is 0 Å². The second-order valence-electron chi connectivity index (χ2n) is 4.90. The van der Waals surface area contributed by atoms with Crippen LogP contribution in [0.2, 0.25) is 0 Å². The third-order valence-electron chi connectivity index (χ3n) is 3.41. The van der Waals surface area contributed by atoms with Gasteiger partial charge in [-0.2, -0.15) is 0 Å². The molecule has 0 aromatic heterocycles. The number of hydrogen-bond acceptors (Lipinski definition) is 5. The maximum Gasteiger partial charge on any atom is 0.254 e. The lowest BCUT2D eigenvalue weighted by molar-refractivity contribution is 0.0784. The maximum atomic E-state index is 12.4. The van der Waals surface area contributed by atoms with Crippen LogP contribution in [-0.2, 0) is 10.0 Å². The number of primary sulfonamides is 1. The number of hydrogen-bond donors (Lipinski definition) is 1. The van der Waals surface area contributed by atoms with Crippen molar-refractivity contribution in [2.75, 3.05) is 21.3 Å². The fourth-order valence-electron chi connectivity index (χ4n) is 2.10. The summed E-state index contributed by atoms with van der Waals surface area (Å²) in [6.45, 7) is 0. The standard InChI is InChI=1S/C13H18N2O5S/c1-15(9-4-5-9)13(16)8-6-10(19-2)12(20-3)11(7-8)21(14,17)18/h6-7,9H,4-5H2,1-3H3,(H2,14,17,18). The van der Waals surface area contributed by atoms with Gasteiger partial charge in [-0.3, -0.25) is 4.79 Å². The molecule has 8 heteroatoms. The molecule has 21 heavy (non-hydrogen) atoms. The summed E-state index contributed by atoms with van der Waals surface area (Å²) in [5.41, 5.74) is 0.200. The van der Waals surface area contributed by atoms with Crippen molar-refractivity contribution >= 4 is 15.9 Å². The predicted molar refractivity (Wildman–Crippen MR) is 76.0 cm³/mol. The Labute approximate surface area is 123 Å². The van der Waals surface area contributed by atoms with Crippen LogP contribution >= 0.6 is 0 Å². The maximum absolute atomic E-state index is 12.4. The van der Waals surface area contributed by atoms with Crippen molar-refractivity contribution in [2.24, 2.45) is 5.14 Å². The molecule has 0 unspecified atom stereocenters. The first kappa shape index (κ1) is 15.6. The Balaban J connectivity index is 2.55. The summed E-state index contributed by atoms with van der Waals surface area (Å²) < 4.78 is 33.5. The van der Waals surface area contributed by atoms with Crippen LogP contribution in [0.1, 0.15) is 23.2 Å². The third-order valence-corrected chi connectivity index (χ3v) is 4.33. The molecule has 0 spiro atoms. The van der Waals surface area contributed by atoms with Gasteiger partial charge in [-0.25, -0.2) is 13.6 Å². The number of rotatable bonds is 5. The molecule has 0 heterocycles. The molecule has 1 aromatic rings. The summed E-state index contributed by atoms with van der Waals surface area (Å²) in [7, 11) is 0.322. The first-order chi connectivity index (χ1) is 9.79. The number of nitrogens with two attached hydrogens (primary N) is 1. The molecule has 116 valence electrons. The molecule has 1 aliphatic rings. The molecule has 0 bridgehead atoms. The normalized spacial score (nSPS) is 14.7. The molecule has 1 aromatic carbocycles. The van der Waals surface area contributed by atoms with E-state index in [1.165, 1.54) is 26.4 Å². The lowest BCUT2D eigenvalue weighted by Crippen LogP contribution is -2.29. The number of ether oxygens (including phenoxy) is 2. The van der Waals surface area contributed by atoms with Crippen LogP contribution < -0.4 is 14.6 Å². The lowest BCUT2D eigenvalue weighted by atomic mass is 10.1. The zero-order valence-electron chi connectivity index (χ0n) is 12.1. The van der Waals surface area contributed by atoms with Crippen LogP contribution in [0.25, 0.3) is 0 Å². The minimum absolute atomic E-state index is 0.00868. The molecular weight excluding hydrogens is 296 g/mol. The van der Waals surface area contributed by atoms with Crippen molar-refractivity contribution < 1.29 is 22.7 Å². The minimum atomic E-state index is -4.04. The van der Waals surface area contributed by atoms with Gasteiger partial charge in [0.2, 0.25) is 10.0 Å². The molecule has 2 N–H and O–H groups in total. The average Bonchev–Trinajstić information content (AvgIpc) is 3.27. The van der Waals surface area contributed by atoms with Gasteiger partial charge in [-0.05, 0) is 25.0 Å². The van der Waals surface area contributed by atoms with E-state index in [9.17, 15) is 13.2 Å². The Kier molecular flexibility index (Phi) is 4.11. The van der Waals surface area contributed by atoms with Crippen LogP contribution in [0.15, 0.2) is 17.0 Å². The number of nitrogens with zero attached hydrogens (tertiary/aromatic N) is 1. The minimum Gasteiger partial charge on any atom is -0.493 e. The van der Waals surface area contributed by atoms with Gasteiger partial charge < -0.3 is 14.4 Å². The van der Waals surface area contributed by atoms with Crippen molar-refractivity contribution in [2.45, 2.75) is 23.8 Å². The fraction of sp³-hybridized carbons (Fsp3) is 0.462.